The summed E-state index contributed by atoms with van der Waals surface area (Å²) in [4.78, 5) is 52.9. The number of nitrogens with zero attached hydrogens (tertiary/aromatic N) is 2. The average molecular weight is 523 g/mol. The highest BCUT2D eigenvalue weighted by molar-refractivity contribution is 6.37. The third-order valence-electron chi connectivity index (χ3n) is 7.37. The molecule has 3 N–H and O–H groups in total. The molecule has 0 saturated carbocycles. The molecule has 0 aliphatic carbocycles. The van der Waals surface area contributed by atoms with Crippen LogP contribution in [0.4, 0.5) is 17.1 Å². The summed E-state index contributed by atoms with van der Waals surface area (Å²) in [6, 6.07) is 19.8. The van der Waals surface area contributed by atoms with Gasteiger partial charge in [-0.3, -0.25) is 14.4 Å². The predicted octanol–water partition coefficient (Wildman–Crippen LogP) is 3.83. The van der Waals surface area contributed by atoms with Crippen LogP contribution in [0.15, 0.2) is 66.7 Å². The van der Waals surface area contributed by atoms with Crippen LogP contribution in [-0.4, -0.2) is 53.3 Å². The van der Waals surface area contributed by atoms with Crippen molar-refractivity contribution < 1.29 is 24.3 Å². The van der Waals surface area contributed by atoms with E-state index in [1.54, 1.807) is 15.9 Å². The third kappa shape index (κ3) is 4.52. The Labute approximate surface area is 224 Å². The van der Waals surface area contributed by atoms with Crippen molar-refractivity contribution in [3.63, 3.8) is 0 Å². The van der Waals surface area contributed by atoms with Gasteiger partial charge in [-0.15, -0.1) is 0 Å². The number of carboxylic acid groups (broad SMARTS) is 1. The lowest BCUT2D eigenvalue weighted by atomic mass is 9.99. The first-order valence-electron chi connectivity index (χ1n) is 12.9. The molecule has 3 aliphatic heterocycles. The lowest BCUT2D eigenvalue weighted by Gasteiger charge is -2.22. The Hall–Kier alpha value is -4.92. The number of hydrogen-bond donors (Lipinski definition) is 3. The Morgan fingerprint density at radius 1 is 0.923 bits per heavy atom. The van der Waals surface area contributed by atoms with Crippen LogP contribution < -0.4 is 15.5 Å². The van der Waals surface area contributed by atoms with Crippen LogP contribution in [0.2, 0.25) is 0 Å². The van der Waals surface area contributed by atoms with Crippen LogP contribution in [0, 0.1) is 0 Å². The zero-order chi connectivity index (χ0) is 27.1. The lowest BCUT2D eigenvalue weighted by Crippen LogP contribution is -2.40. The van der Waals surface area contributed by atoms with Crippen molar-refractivity contribution in [2.45, 2.75) is 19.3 Å². The summed E-state index contributed by atoms with van der Waals surface area (Å²) in [6.07, 6.45) is 1.98. The number of benzene rings is 3. The number of amides is 3. The minimum absolute atomic E-state index is 0.0282. The summed E-state index contributed by atoms with van der Waals surface area (Å²) in [5.74, 6) is -1.45. The molecular weight excluding hydrogens is 496 g/mol. The number of nitrogens with one attached hydrogen (secondary N) is 2. The minimum Gasteiger partial charge on any atom is -0.478 e. The van der Waals surface area contributed by atoms with Crippen molar-refractivity contribution >= 4 is 52.0 Å². The first kappa shape index (κ1) is 24.4. The molecule has 9 heteroatoms. The standard InChI is InChI=1S/C30H26N4O5/c35-25-7-4-13-33(25)17-26(36)34-14-12-19-15-21(9-11-24(19)34)31-28(18-5-2-1-3-6-18)27-22-10-8-20(30(38)39)16-23(22)32-29(27)37/h1-3,5-6,8-11,15-16,31H,4,7,12-14,17H2,(H,32,37)(H,38,39)/b28-27-. The lowest BCUT2D eigenvalue weighted by molar-refractivity contribution is -0.132. The quantitative estimate of drug-likeness (QED) is 0.424. The summed E-state index contributed by atoms with van der Waals surface area (Å²) < 4.78 is 0. The second-order valence-corrected chi connectivity index (χ2v) is 9.82. The SMILES string of the molecule is O=C1Nc2cc(C(=O)O)ccc2/C1=C(/Nc1ccc2c(c1)CCN2C(=O)CN1CCCC1=O)c1ccccc1. The summed E-state index contributed by atoms with van der Waals surface area (Å²) in [7, 11) is 0. The second kappa shape index (κ2) is 9.75. The maximum Gasteiger partial charge on any atom is 0.335 e. The van der Waals surface area contributed by atoms with Gasteiger partial charge < -0.3 is 25.5 Å². The first-order valence-corrected chi connectivity index (χ1v) is 12.9. The number of carbonyl (C=O) groups excluding carboxylic acids is 3. The number of hydrogen-bond acceptors (Lipinski definition) is 5. The van der Waals surface area contributed by atoms with Crippen molar-refractivity contribution in [1.82, 2.24) is 4.90 Å². The van der Waals surface area contributed by atoms with Crippen molar-refractivity contribution in [1.29, 1.82) is 0 Å². The molecule has 3 aromatic rings. The number of anilines is 3. The maximum atomic E-state index is 13.2. The summed E-state index contributed by atoms with van der Waals surface area (Å²) in [5, 5.41) is 15.6. The van der Waals surface area contributed by atoms with Crippen molar-refractivity contribution in [2.75, 3.05) is 35.2 Å². The van der Waals surface area contributed by atoms with Crippen molar-refractivity contribution in [3.05, 3.63) is 89.0 Å². The van der Waals surface area contributed by atoms with Crippen LogP contribution >= 0.6 is 0 Å². The molecule has 9 nitrogen and oxygen atoms in total. The highest BCUT2D eigenvalue weighted by Crippen LogP contribution is 2.39. The van der Waals surface area contributed by atoms with E-state index in [1.807, 2.05) is 48.5 Å². The van der Waals surface area contributed by atoms with E-state index in [2.05, 4.69) is 10.6 Å². The smallest absolute Gasteiger partial charge is 0.335 e. The van der Waals surface area contributed by atoms with Gasteiger partial charge in [-0.1, -0.05) is 36.4 Å². The van der Waals surface area contributed by atoms with E-state index in [-0.39, 0.29) is 29.8 Å². The highest BCUT2D eigenvalue weighted by Gasteiger charge is 2.31. The van der Waals surface area contributed by atoms with Gasteiger partial charge in [0.2, 0.25) is 11.8 Å². The topological polar surface area (TPSA) is 119 Å². The first-order chi connectivity index (χ1) is 18.9. The summed E-state index contributed by atoms with van der Waals surface area (Å²) in [6.45, 7) is 1.27. The summed E-state index contributed by atoms with van der Waals surface area (Å²) >= 11 is 0. The molecule has 1 saturated heterocycles. The number of carbonyl (C=O) groups is 4. The van der Waals surface area contributed by atoms with E-state index in [9.17, 15) is 24.3 Å². The number of rotatable bonds is 6. The van der Waals surface area contributed by atoms with Gasteiger partial charge in [-0.05, 0) is 54.3 Å². The van der Waals surface area contributed by atoms with Crippen molar-refractivity contribution in [3.8, 4) is 0 Å². The molecule has 3 amide bonds. The normalized spacial score (nSPS) is 17.1. The molecule has 3 heterocycles. The molecule has 0 spiro atoms. The van der Waals surface area contributed by atoms with Gasteiger partial charge in [0.15, 0.2) is 0 Å². The minimum atomic E-state index is -1.07. The van der Waals surface area contributed by atoms with Gasteiger partial charge in [0.25, 0.3) is 5.91 Å². The molecule has 39 heavy (non-hydrogen) atoms. The van der Waals surface area contributed by atoms with E-state index in [0.29, 0.717) is 48.5 Å². The second-order valence-electron chi connectivity index (χ2n) is 9.82. The van der Waals surface area contributed by atoms with E-state index in [1.165, 1.54) is 12.1 Å². The van der Waals surface area contributed by atoms with E-state index in [0.717, 1.165) is 28.9 Å². The molecule has 3 aliphatic rings. The highest BCUT2D eigenvalue weighted by atomic mass is 16.4. The Morgan fingerprint density at radius 2 is 1.74 bits per heavy atom. The van der Waals surface area contributed by atoms with Crippen molar-refractivity contribution in [2.24, 2.45) is 0 Å². The van der Waals surface area contributed by atoms with Crippen LogP contribution in [0.5, 0.6) is 0 Å². The third-order valence-corrected chi connectivity index (χ3v) is 7.37. The fraction of sp³-hybridized carbons (Fsp3) is 0.200. The Morgan fingerprint density at radius 3 is 2.49 bits per heavy atom. The van der Waals surface area contributed by atoms with Crippen LogP contribution in [0.25, 0.3) is 11.3 Å². The molecule has 0 bridgehead atoms. The number of fused-ring (bicyclic) bond motifs is 2. The van der Waals surface area contributed by atoms with Crippen LogP contribution in [0.3, 0.4) is 0 Å². The van der Waals surface area contributed by atoms with E-state index in [4.69, 9.17) is 0 Å². The van der Waals surface area contributed by atoms with Gasteiger partial charge >= 0.3 is 5.97 Å². The van der Waals surface area contributed by atoms with Gasteiger partial charge in [0, 0.05) is 36.4 Å². The molecule has 196 valence electrons. The zero-order valence-corrected chi connectivity index (χ0v) is 21.1. The van der Waals surface area contributed by atoms with Crippen LogP contribution in [0.1, 0.15) is 39.9 Å². The van der Waals surface area contributed by atoms with Crippen LogP contribution in [-0.2, 0) is 20.8 Å². The molecule has 0 unspecified atom stereocenters. The molecular formula is C30H26N4O5. The predicted molar refractivity (Wildman–Crippen MR) is 147 cm³/mol. The van der Waals surface area contributed by atoms with Gasteiger partial charge in [0.1, 0.15) is 6.54 Å². The van der Waals surface area contributed by atoms with E-state index >= 15 is 0 Å². The Bertz CT molecular complexity index is 1560. The molecule has 0 aromatic heterocycles. The van der Waals surface area contributed by atoms with Gasteiger partial charge in [-0.2, -0.15) is 0 Å². The van der Waals surface area contributed by atoms with Gasteiger partial charge in [0.05, 0.1) is 22.5 Å². The largest absolute Gasteiger partial charge is 0.478 e. The van der Waals surface area contributed by atoms with Gasteiger partial charge in [-0.25, -0.2) is 4.79 Å². The maximum absolute atomic E-state index is 13.2. The number of carboxylic acids is 1. The molecule has 0 radical (unpaired) electrons. The molecule has 6 rings (SSSR count). The average Bonchev–Trinajstić information content (AvgIpc) is 3.63. The molecule has 3 aromatic carbocycles. The fourth-order valence-electron chi connectivity index (χ4n) is 5.44. The number of likely N-dealkylation sites (tertiary alicyclic amines) is 1. The molecule has 1 fully saturated rings. The Kier molecular flexibility index (Phi) is 6.11. The fourth-order valence-corrected chi connectivity index (χ4v) is 5.44. The number of aromatic carboxylic acids is 1. The zero-order valence-electron chi connectivity index (χ0n) is 21.1. The van der Waals surface area contributed by atoms with E-state index < -0.39 is 5.97 Å². The summed E-state index contributed by atoms with van der Waals surface area (Å²) in [5.41, 5.74) is 5.55. The Balaban J connectivity index is 1.33. The molecule has 0 atom stereocenters. The monoisotopic (exact) mass is 522 g/mol.